The first-order valence-corrected chi connectivity index (χ1v) is 8.99. The van der Waals surface area contributed by atoms with Crippen LogP contribution in [0, 0.1) is 0 Å². The molecule has 0 N–H and O–H groups in total. The Labute approximate surface area is 158 Å². The summed E-state index contributed by atoms with van der Waals surface area (Å²) in [6.07, 6.45) is 2.04. The highest BCUT2D eigenvalue weighted by molar-refractivity contribution is 5.87. The van der Waals surface area contributed by atoms with Crippen molar-refractivity contribution in [3.63, 3.8) is 0 Å². The molecule has 0 saturated carbocycles. The molecule has 3 aromatic carbocycles. The van der Waals surface area contributed by atoms with Crippen molar-refractivity contribution in [2.24, 2.45) is 0 Å². The van der Waals surface area contributed by atoms with Crippen molar-refractivity contribution < 1.29 is 14.3 Å². The van der Waals surface area contributed by atoms with E-state index in [9.17, 15) is 4.79 Å². The SMILES string of the molecule is C=CC(=O)OCCOc1ccc2c(c1-c1ccccc1)Cc1ccccc1-2. The molecule has 0 fully saturated rings. The Bertz CT molecular complexity index is 990. The Morgan fingerprint density at radius 3 is 2.52 bits per heavy atom. The second-order valence-electron chi connectivity index (χ2n) is 6.38. The number of esters is 1. The summed E-state index contributed by atoms with van der Waals surface area (Å²) in [7, 11) is 0. The largest absolute Gasteiger partial charge is 0.489 e. The van der Waals surface area contributed by atoms with Crippen molar-refractivity contribution in [1.82, 2.24) is 0 Å². The van der Waals surface area contributed by atoms with Crippen molar-refractivity contribution in [3.05, 3.63) is 90.5 Å². The molecule has 0 spiro atoms. The highest BCUT2D eigenvalue weighted by Crippen LogP contribution is 2.45. The van der Waals surface area contributed by atoms with E-state index in [0.29, 0.717) is 6.61 Å². The van der Waals surface area contributed by atoms with E-state index in [1.165, 1.54) is 22.3 Å². The van der Waals surface area contributed by atoms with Gasteiger partial charge in [0.2, 0.25) is 0 Å². The van der Waals surface area contributed by atoms with E-state index in [0.717, 1.165) is 29.4 Å². The van der Waals surface area contributed by atoms with Crippen LogP contribution in [0.3, 0.4) is 0 Å². The number of hydrogen-bond acceptors (Lipinski definition) is 3. The minimum atomic E-state index is -0.439. The molecular weight excluding hydrogens is 336 g/mol. The van der Waals surface area contributed by atoms with E-state index in [-0.39, 0.29) is 6.61 Å². The molecule has 0 bridgehead atoms. The Balaban J connectivity index is 1.69. The van der Waals surface area contributed by atoms with Gasteiger partial charge in [0.15, 0.2) is 0 Å². The first-order chi connectivity index (χ1) is 13.3. The first-order valence-electron chi connectivity index (χ1n) is 8.99. The minimum absolute atomic E-state index is 0.191. The number of benzene rings is 3. The lowest BCUT2D eigenvalue weighted by atomic mass is 9.94. The summed E-state index contributed by atoms with van der Waals surface area (Å²) in [4.78, 5) is 11.2. The van der Waals surface area contributed by atoms with Gasteiger partial charge < -0.3 is 9.47 Å². The highest BCUT2D eigenvalue weighted by Gasteiger charge is 2.24. The molecule has 134 valence electrons. The van der Waals surface area contributed by atoms with Gasteiger partial charge in [-0.3, -0.25) is 0 Å². The van der Waals surface area contributed by atoms with Crippen LogP contribution in [0.2, 0.25) is 0 Å². The smallest absolute Gasteiger partial charge is 0.330 e. The monoisotopic (exact) mass is 356 g/mol. The fraction of sp³-hybridized carbons (Fsp3) is 0.125. The van der Waals surface area contributed by atoms with Gasteiger partial charge in [-0.2, -0.15) is 0 Å². The van der Waals surface area contributed by atoms with Crippen LogP contribution in [-0.4, -0.2) is 19.2 Å². The molecule has 0 atom stereocenters. The Hall–Kier alpha value is -3.33. The van der Waals surface area contributed by atoms with Gasteiger partial charge >= 0.3 is 5.97 Å². The molecule has 1 aliphatic carbocycles. The van der Waals surface area contributed by atoms with E-state index in [2.05, 4.69) is 49.0 Å². The summed E-state index contributed by atoms with van der Waals surface area (Å²) in [5, 5.41) is 0. The Morgan fingerprint density at radius 1 is 0.926 bits per heavy atom. The summed E-state index contributed by atoms with van der Waals surface area (Å²) in [6, 6.07) is 22.9. The molecule has 0 unspecified atom stereocenters. The third-order valence-corrected chi connectivity index (χ3v) is 4.76. The molecule has 3 nitrogen and oxygen atoms in total. The summed E-state index contributed by atoms with van der Waals surface area (Å²) in [6.45, 7) is 3.88. The molecule has 0 radical (unpaired) electrons. The zero-order valence-electron chi connectivity index (χ0n) is 15.0. The maximum atomic E-state index is 11.2. The van der Waals surface area contributed by atoms with Gasteiger partial charge in [-0.25, -0.2) is 4.79 Å². The van der Waals surface area contributed by atoms with Gasteiger partial charge in [0, 0.05) is 11.6 Å². The average molecular weight is 356 g/mol. The maximum Gasteiger partial charge on any atom is 0.330 e. The maximum absolute atomic E-state index is 11.2. The highest BCUT2D eigenvalue weighted by atomic mass is 16.6. The third-order valence-electron chi connectivity index (χ3n) is 4.76. The molecule has 27 heavy (non-hydrogen) atoms. The molecule has 0 aromatic heterocycles. The Kier molecular flexibility index (Phi) is 4.75. The summed E-state index contributed by atoms with van der Waals surface area (Å²) < 4.78 is 11.0. The van der Waals surface area contributed by atoms with Crippen LogP contribution in [-0.2, 0) is 16.0 Å². The van der Waals surface area contributed by atoms with Crippen LogP contribution >= 0.6 is 0 Å². The predicted molar refractivity (Wildman–Crippen MR) is 107 cm³/mol. The second-order valence-corrected chi connectivity index (χ2v) is 6.38. The zero-order valence-corrected chi connectivity index (χ0v) is 15.0. The Morgan fingerprint density at radius 2 is 1.70 bits per heavy atom. The lowest BCUT2D eigenvalue weighted by Crippen LogP contribution is -2.11. The molecule has 3 heteroatoms. The van der Waals surface area contributed by atoms with E-state index in [1.54, 1.807) is 0 Å². The molecule has 4 rings (SSSR count). The van der Waals surface area contributed by atoms with Crippen molar-refractivity contribution in [2.75, 3.05) is 13.2 Å². The number of carbonyl (C=O) groups is 1. The molecule has 0 amide bonds. The first kappa shape index (κ1) is 17.1. The van der Waals surface area contributed by atoms with Gasteiger partial charge in [0.25, 0.3) is 0 Å². The van der Waals surface area contributed by atoms with Crippen molar-refractivity contribution in [2.45, 2.75) is 6.42 Å². The van der Waals surface area contributed by atoms with Gasteiger partial charge in [-0.05, 0) is 40.3 Å². The van der Waals surface area contributed by atoms with Gasteiger partial charge in [0.05, 0.1) is 0 Å². The van der Waals surface area contributed by atoms with E-state index in [4.69, 9.17) is 9.47 Å². The second kappa shape index (κ2) is 7.50. The van der Waals surface area contributed by atoms with Crippen LogP contribution in [0.15, 0.2) is 79.4 Å². The molecular formula is C24H20O3. The third kappa shape index (κ3) is 3.36. The molecule has 1 aliphatic rings. The van der Waals surface area contributed by atoms with Gasteiger partial charge in [-0.1, -0.05) is 67.2 Å². The van der Waals surface area contributed by atoms with Crippen LogP contribution in [0.4, 0.5) is 0 Å². The van der Waals surface area contributed by atoms with Gasteiger partial charge in [0.1, 0.15) is 19.0 Å². The zero-order chi connectivity index (χ0) is 18.6. The number of rotatable bonds is 6. The average Bonchev–Trinajstić information content (AvgIpc) is 3.10. The fourth-order valence-electron chi connectivity index (χ4n) is 3.58. The predicted octanol–water partition coefficient (Wildman–Crippen LogP) is 5.03. The number of fused-ring (bicyclic) bond motifs is 3. The summed E-state index contributed by atoms with van der Waals surface area (Å²) >= 11 is 0. The van der Waals surface area contributed by atoms with E-state index in [1.807, 2.05) is 24.3 Å². The van der Waals surface area contributed by atoms with E-state index >= 15 is 0 Å². The van der Waals surface area contributed by atoms with Crippen molar-refractivity contribution >= 4 is 5.97 Å². The minimum Gasteiger partial charge on any atom is -0.489 e. The molecule has 0 saturated heterocycles. The van der Waals surface area contributed by atoms with Crippen LogP contribution in [0.1, 0.15) is 11.1 Å². The lowest BCUT2D eigenvalue weighted by Gasteiger charge is -2.16. The van der Waals surface area contributed by atoms with E-state index < -0.39 is 5.97 Å². The standard InChI is InChI=1S/C24H20O3/c1-2-23(25)27-15-14-26-22-13-12-20-19-11-7-6-10-18(19)16-21(20)24(22)17-8-4-3-5-9-17/h2-13H,1,14-16H2. The van der Waals surface area contributed by atoms with Crippen LogP contribution in [0.25, 0.3) is 22.3 Å². The van der Waals surface area contributed by atoms with Gasteiger partial charge in [-0.15, -0.1) is 0 Å². The van der Waals surface area contributed by atoms with Crippen LogP contribution < -0.4 is 4.74 Å². The van der Waals surface area contributed by atoms with Crippen LogP contribution in [0.5, 0.6) is 5.75 Å². The van der Waals surface area contributed by atoms with Crippen molar-refractivity contribution in [3.8, 4) is 28.0 Å². The summed E-state index contributed by atoms with van der Waals surface area (Å²) in [5.74, 6) is 0.369. The quantitative estimate of drug-likeness (QED) is 0.276. The number of carbonyl (C=O) groups excluding carboxylic acids is 1. The number of ether oxygens (including phenoxy) is 2. The lowest BCUT2D eigenvalue weighted by molar-refractivity contribution is -0.138. The fourth-order valence-corrected chi connectivity index (χ4v) is 3.58. The summed E-state index contributed by atoms with van der Waals surface area (Å²) in [5.41, 5.74) is 7.40. The number of hydrogen-bond donors (Lipinski definition) is 0. The topological polar surface area (TPSA) is 35.5 Å². The molecule has 0 aliphatic heterocycles. The normalized spacial score (nSPS) is 11.4. The molecule has 3 aromatic rings. The molecule has 0 heterocycles. The van der Waals surface area contributed by atoms with Crippen molar-refractivity contribution in [1.29, 1.82) is 0 Å².